The molecule has 0 aliphatic carbocycles. The quantitative estimate of drug-likeness (QED) is 0.677. The molecule has 0 spiro atoms. The summed E-state index contributed by atoms with van der Waals surface area (Å²) in [5, 5.41) is 18.2. The van der Waals surface area contributed by atoms with E-state index in [4.69, 9.17) is 20.2 Å². The zero-order valence-electron chi connectivity index (χ0n) is 16.9. The molecule has 0 radical (unpaired) electrons. The predicted octanol–water partition coefficient (Wildman–Crippen LogP) is 2.63. The number of nitriles is 1. The second kappa shape index (κ2) is 7.04. The molecule has 0 bridgehead atoms. The maximum atomic E-state index is 9.95. The van der Waals surface area contributed by atoms with Gasteiger partial charge in [0.15, 0.2) is 0 Å². The molecule has 0 saturated carbocycles. The Morgan fingerprint density at radius 3 is 2.80 bits per heavy atom. The Balaban J connectivity index is 1.80. The number of fused-ring (bicyclic) bond motifs is 2. The molecule has 2 aliphatic heterocycles. The third-order valence-corrected chi connectivity index (χ3v) is 5.73. The molecule has 3 aromatic rings. The number of aromatic nitrogens is 3. The summed E-state index contributed by atoms with van der Waals surface area (Å²) >= 11 is 0. The first kappa shape index (κ1) is 18.5. The zero-order valence-corrected chi connectivity index (χ0v) is 16.9. The van der Waals surface area contributed by atoms with Crippen LogP contribution in [0.2, 0.25) is 0 Å². The number of rotatable bonds is 2. The van der Waals surface area contributed by atoms with Crippen molar-refractivity contribution >= 4 is 16.7 Å². The van der Waals surface area contributed by atoms with E-state index in [0.29, 0.717) is 24.7 Å². The largest absolute Gasteiger partial charge is 0.420 e. The Morgan fingerprint density at radius 2 is 2.03 bits per heavy atom. The molecule has 8 nitrogen and oxygen atoms in total. The number of pyridine rings is 1. The van der Waals surface area contributed by atoms with Crippen molar-refractivity contribution in [2.75, 3.05) is 31.2 Å². The first-order valence-electron chi connectivity index (χ1n) is 9.93. The fourth-order valence-electron chi connectivity index (χ4n) is 4.25. The number of aryl methyl sites for hydroxylation is 2. The van der Waals surface area contributed by atoms with E-state index >= 15 is 0 Å². The zero-order chi connectivity index (χ0) is 20.8. The van der Waals surface area contributed by atoms with E-state index < -0.39 is 5.92 Å². The number of benzene rings is 1. The van der Waals surface area contributed by atoms with Crippen LogP contribution < -0.4 is 15.4 Å². The summed E-state index contributed by atoms with van der Waals surface area (Å²) in [6, 6.07) is 10.6. The number of hydrogen-bond donors (Lipinski definition) is 2. The highest BCUT2D eigenvalue weighted by Gasteiger charge is 2.37. The molecule has 1 saturated heterocycles. The van der Waals surface area contributed by atoms with Gasteiger partial charge in [-0.1, -0.05) is 11.6 Å². The lowest BCUT2D eigenvalue weighted by Gasteiger charge is -2.32. The van der Waals surface area contributed by atoms with Gasteiger partial charge in [0.05, 0.1) is 24.6 Å². The monoisotopic (exact) mass is 402 g/mol. The molecule has 1 atom stereocenters. The van der Waals surface area contributed by atoms with Gasteiger partial charge < -0.3 is 20.1 Å². The lowest BCUT2D eigenvalue weighted by molar-refractivity contribution is 0.122. The fraction of sp³-hybridized carbons (Fsp3) is 0.318. The molecule has 30 heavy (non-hydrogen) atoms. The Labute approximate surface area is 173 Å². The van der Waals surface area contributed by atoms with Crippen LogP contribution in [-0.4, -0.2) is 41.5 Å². The first-order valence-corrected chi connectivity index (χ1v) is 9.93. The first-order chi connectivity index (χ1) is 14.6. The molecule has 2 aromatic heterocycles. The van der Waals surface area contributed by atoms with E-state index in [9.17, 15) is 5.26 Å². The Morgan fingerprint density at radius 1 is 1.23 bits per heavy atom. The summed E-state index contributed by atoms with van der Waals surface area (Å²) in [7, 11) is 0. The molecule has 4 heterocycles. The minimum Gasteiger partial charge on any atom is -0.420 e. The standard InChI is InChI=1S/C22H22N6O2/c1-12-3-4-17-14(9-12)10-15(21(25-17)28-5-7-29-8-6-28)19-16(11-23)20(24)30-22-18(19)13(2)26-27-22/h3-4,9-10,19H,5-8,24H2,1-2H3,(H,26,27). The third kappa shape index (κ3) is 2.86. The average Bonchev–Trinajstić information content (AvgIpc) is 3.12. The van der Waals surface area contributed by atoms with Crippen LogP contribution >= 0.6 is 0 Å². The van der Waals surface area contributed by atoms with Crippen LogP contribution in [0.15, 0.2) is 35.7 Å². The van der Waals surface area contributed by atoms with E-state index in [-0.39, 0.29) is 5.88 Å². The topological polar surface area (TPSA) is 113 Å². The van der Waals surface area contributed by atoms with E-state index in [0.717, 1.165) is 52.2 Å². The summed E-state index contributed by atoms with van der Waals surface area (Å²) < 4.78 is 11.2. The number of hydrogen-bond acceptors (Lipinski definition) is 7. The van der Waals surface area contributed by atoms with Gasteiger partial charge in [0.1, 0.15) is 17.5 Å². The average molecular weight is 402 g/mol. The van der Waals surface area contributed by atoms with Gasteiger partial charge in [-0.15, -0.1) is 5.10 Å². The minimum atomic E-state index is -0.409. The predicted molar refractivity (Wildman–Crippen MR) is 112 cm³/mol. The maximum absolute atomic E-state index is 9.95. The summed E-state index contributed by atoms with van der Waals surface area (Å²) in [5.41, 5.74) is 11.2. The highest BCUT2D eigenvalue weighted by atomic mass is 16.5. The van der Waals surface area contributed by atoms with Crippen molar-refractivity contribution in [3.8, 4) is 11.9 Å². The molecule has 0 amide bonds. The van der Waals surface area contributed by atoms with E-state index in [1.54, 1.807) is 0 Å². The highest BCUT2D eigenvalue weighted by molar-refractivity contribution is 5.84. The van der Waals surface area contributed by atoms with Gasteiger partial charge >= 0.3 is 0 Å². The normalized spacial score (nSPS) is 18.8. The van der Waals surface area contributed by atoms with Crippen LogP contribution in [-0.2, 0) is 4.74 Å². The number of anilines is 1. The molecule has 152 valence electrons. The summed E-state index contributed by atoms with van der Waals surface area (Å²) in [6.45, 7) is 6.73. The second-order valence-electron chi connectivity index (χ2n) is 7.69. The molecule has 1 fully saturated rings. The number of nitrogens with two attached hydrogens (primary N) is 1. The molecular weight excluding hydrogens is 380 g/mol. The fourth-order valence-corrected chi connectivity index (χ4v) is 4.25. The Hall–Kier alpha value is -3.57. The van der Waals surface area contributed by atoms with Gasteiger partial charge in [-0.05, 0) is 32.0 Å². The van der Waals surface area contributed by atoms with Crippen molar-refractivity contribution in [3.05, 3.63) is 58.1 Å². The van der Waals surface area contributed by atoms with Crippen molar-refractivity contribution in [2.24, 2.45) is 5.73 Å². The summed E-state index contributed by atoms with van der Waals surface area (Å²) in [5.74, 6) is 0.923. The Bertz CT molecular complexity index is 1220. The number of nitrogens with one attached hydrogen (secondary N) is 1. The maximum Gasteiger partial charge on any atom is 0.244 e. The molecule has 1 unspecified atom stereocenters. The second-order valence-corrected chi connectivity index (χ2v) is 7.69. The number of aromatic amines is 1. The van der Waals surface area contributed by atoms with Gasteiger partial charge in [-0.25, -0.2) is 4.98 Å². The van der Waals surface area contributed by atoms with Crippen molar-refractivity contribution < 1.29 is 9.47 Å². The molecule has 8 heteroatoms. The van der Waals surface area contributed by atoms with Crippen molar-refractivity contribution in [1.29, 1.82) is 5.26 Å². The van der Waals surface area contributed by atoms with Crippen molar-refractivity contribution in [1.82, 2.24) is 15.2 Å². The van der Waals surface area contributed by atoms with Crippen LogP contribution in [0, 0.1) is 25.2 Å². The van der Waals surface area contributed by atoms with Gasteiger partial charge in [-0.3, -0.25) is 5.10 Å². The Kier molecular flexibility index (Phi) is 4.33. The van der Waals surface area contributed by atoms with Crippen LogP contribution in [0.3, 0.4) is 0 Å². The SMILES string of the molecule is Cc1ccc2nc(N3CCOCC3)c(C3C(C#N)=C(N)Oc4n[nH]c(C)c43)cc2c1. The molecular formula is C22H22N6O2. The van der Waals surface area contributed by atoms with Crippen LogP contribution in [0.1, 0.15) is 28.3 Å². The van der Waals surface area contributed by atoms with Crippen molar-refractivity contribution in [3.63, 3.8) is 0 Å². The number of ether oxygens (including phenoxy) is 2. The smallest absolute Gasteiger partial charge is 0.244 e. The number of nitrogens with zero attached hydrogens (tertiary/aromatic N) is 4. The lowest BCUT2D eigenvalue weighted by Crippen LogP contribution is -2.38. The van der Waals surface area contributed by atoms with Gasteiger partial charge in [0.2, 0.25) is 11.8 Å². The number of allylic oxidation sites excluding steroid dienone is 1. The molecule has 1 aromatic carbocycles. The molecule has 3 N–H and O–H groups in total. The molecule has 2 aliphatic rings. The highest BCUT2D eigenvalue weighted by Crippen LogP contribution is 2.45. The lowest BCUT2D eigenvalue weighted by atomic mass is 9.83. The van der Waals surface area contributed by atoms with Crippen molar-refractivity contribution in [2.45, 2.75) is 19.8 Å². The van der Waals surface area contributed by atoms with Gasteiger partial charge in [-0.2, -0.15) is 5.26 Å². The van der Waals surface area contributed by atoms with E-state index in [1.807, 2.05) is 13.0 Å². The van der Waals surface area contributed by atoms with E-state index in [2.05, 4.69) is 46.3 Å². The van der Waals surface area contributed by atoms with Crippen LogP contribution in [0.4, 0.5) is 5.82 Å². The number of H-pyrrole nitrogens is 1. The number of morpholine rings is 1. The summed E-state index contributed by atoms with van der Waals surface area (Å²) in [6.07, 6.45) is 0. The minimum absolute atomic E-state index is 0.0822. The summed E-state index contributed by atoms with van der Waals surface area (Å²) in [4.78, 5) is 7.24. The van der Waals surface area contributed by atoms with Crippen LogP contribution in [0.5, 0.6) is 5.88 Å². The molecule has 5 rings (SSSR count). The van der Waals surface area contributed by atoms with Crippen LogP contribution in [0.25, 0.3) is 10.9 Å². The van der Waals surface area contributed by atoms with E-state index in [1.165, 1.54) is 0 Å². The van der Waals surface area contributed by atoms with Gasteiger partial charge in [0.25, 0.3) is 0 Å². The third-order valence-electron chi connectivity index (χ3n) is 5.73. The van der Waals surface area contributed by atoms with Gasteiger partial charge in [0, 0.05) is 35.3 Å².